The van der Waals surface area contributed by atoms with Gasteiger partial charge in [0, 0.05) is 25.0 Å². The molecule has 3 unspecified atom stereocenters. The van der Waals surface area contributed by atoms with E-state index in [9.17, 15) is 0 Å². The first-order valence-electron chi connectivity index (χ1n) is 8.17. The van der Waals surface area contributed by atoms with Gasteiger partial charge in [-0.15, -0.1) is 0 Å². The largest absolute Gasteiger partial charge is 0.487 e. The van der Waals surface area contributed by atoms with Gasteiger partial charge in [0.2, 0.25) is 0 Å². The van der Waals surface area contributed by atoms with Crippen LogP contribution in [0.15, 0.2) is 18.2 Å². The Bertz CT molecular complexity index is 512. The molecule has 1 saturated heterocycles. The van der Waals surface area contributed by atoms with E-state index in [1.54, 1.807) is 0 Å². The van der Waals surface area contributed by atoms with Gasteiger partial charge in [0.05, 0.1) is 6.10 Å². The number of rotatable bonds is 4. The average molecular weight is 289 g/mol. The Morgan fingerprint density at radius 2 is 2.19 bits per heavy atom. The molecule has 3 nitrogen and oxygen atoms in total. The van der Waals surface area contributed by atoms with Gasteiger partial charge in [-0.2, -0.15) is 0 Å². The Hall–Kier alpha value is -1.06. The molecule has 0 spiro atoms. The zero-order valence-corrected chi connectivity index (χ0v) is 13.6. The maximum absolute atomic E-state index is 5.99. The van der Waals surface area contributed by atoms with Crippen LogP contribution in [0.5, 0.6) is 5.75 Å². The van der Waals surface area contributed by atoms with Crippen molar-refractivity contribution in [3.8, 4) is 5.75 Å². The van der Waals surface area contributed by atoms with Gasteiger partial charge in [-0.1, -0.05) is 19.1 Å². The fourth-order valence-corrected chi connectivity index (χ4v) is 3.75. The highest BCUT2D eigenvalue weighted by Crippen LogP contribution is 2.39. The van der Waals surface area contributed by atoms with Crippen molar-refractivity contribution < 1.29 is 9.47 Å². The molecular weight excluding hydrogens is 262 g/mol. The molecule has 0 radical (unpaired) electrons. The van der Waals surface area contributed by atoms with E-state index >= 15 is 0 Å². The van der Waals surface area contributed by atoms with E-state index in [0.717, 1.165) is 31.7 Å². The zero-order valence-electron chi connectivity index (χ0n) is 13.6. The minimum absolute atomic E-state index is 0.0710. The van der Waals surface area contributed by atoms with Crippen LogP contribution >= 0.6 is 0 Å². The van der Waals surface area contributed by atoms with Gasteiger partial charge < -0.3 is 14.8 Å². The lowest BCUT2D eigenvalue weighted by Gasteiger charge is -2.27. The van der Waals surface area contributed by atoms with E-state index in [2.05, 4.69) is 51.2 Å². The second-order valence-electron chi connectivity index (χ2n) is 6.97. The van der Waals surface area contributed by atoms with E-state index in [-0.39, 0.29) is 5.60 Å². The third-order valence-electron chi connectivity index (χ3n) is 4.73. The van der Waals surface area contributed by atoms with Crippen LogP contribution in [-0.4, -0.2) is 24.9 Å². The van der Waals surface area contributed by atoms with Crippen molar-refractivity contribution in [3.63, 3.8) is 0 Å². The van der Waals surface area contributed by atoms with Gasteiger partial charge in [-0.05, 0) is 50.9 Å². The topological polar surface area (TPSA) is 30.5 Å². The molecule has 3 atom stereocenters. The molecule has 0 aromatic heterocycles. The number of nitrogens with one attached hydrogen (secondary N) is 1. The number of hydrogen-bond donors (Lipinski definition) is 1. The molecule has 1 aromatic rings. The summed E-state index contributed by atoms with van der Waals surface area (Å²) in [6, 6.07) is 7.08. The lowest BCUT2D eigenvalue weighted by Crippen LogP contribution is -2.31. The SMILES string of the molecule is CCNC(c1ccc2c(c1)CC(C)(C)O2)C1CCOC1C. The van der Waals surface area contributed by atoms with Gasteiger partial charge in [-0.3, -0.25) is 0 Å². The molecule has 3 heteroatoms. The van der Waals surface area contributed by atoms with Crippen molar-refractivity contribution in [1.29, 1.82) is 0 Å². The summed E-state index contributed by atoms with van der Waals surface area (Å²) in [7, 11) is 0. The Balaban J connectivity index is 1.87. The van der Waals surface area contributed by atoms with Crippen LogP contribution in [0, 0.1) is 5.92 Å². The predicted octanol–water partition coefficient (Wildman–Crippen LogP) is 3.48. The summed E-state index contributed by atoms with van der Waals surface area (Å²) < 4.78 is 11.8. The van der Waals surface area contributed by atoms with Crippen molar-refractivity contribution in [2.75, 3.05) is 13.2 Å². The summed E-state index contributed by atoms with van der Waals surface area (Å²) in [5, 5.41) is 3.66. The van der Waals surface area contributed by atoms with Crippen molar-refractivity contribution in [2.24, 2.45) is 5.92 Å². The molecule has 2 aliphatic rings. The Kier molecular flexibility index (Phi) is 3.98. The molecule has 1 aromatic carbocycles. The third-order valence-corrected chi connectivity index (χ3v) is 4.73. The molecule has 116 valence electrons. The number of benzene rings is 1. The fourth-order valence-electron chi connectivity index (χ4n) is 3.75. The molecular formula is C18H27NO2. The minimum atomic E-state index is -0.0710. The van der Waals surface area contributed by atoms with Crippen LogP contribution in [0.3, 0.4) is 0 Å². The van der Waals surface area contributed by atoms with Gasteiger partial charge >= 0.3 is 0 Å². The third kappa shape index (κ3) is 2.95. The molecule has 0 bridgehead atoms. The van der Waals surface area contributed by atoms with Crippen molar-refractivity contribution in [3.05, 3.63) is 29.3 Å². The number of fused-ring (bicyclic) bond motifs is 1. The van der Waals surface area contributed by atoms with Crippen molar-refractivity contribution in [2.45, 2.75) is 58.3 Å². The van der Waals surface area contributed by atoms with Crippen LogP contribution in [0.25, 0.3) is 0 Å². The fraction of sp³-hybridized carbons (Fsp3) is 0.667. The summed E-state index contributed by atoms with van der Waals surface area (Å²) >= 11 is 0. The van der Waals surface area contributed by atoms with E-state index in [1.165, 1.54) is 11.1 Å². The minimum Gasteiger partial charge on any atom is -0.487 e. The monoisotopic (exact) mass is 289 g/mol. The molecule has 0 saturated carbocycles. The Morgan fingerprint density at radius 1 is 1.38 bits per heavy atom. The van der Waals surface area contributed by atoms with Crippen LogP contribution in [-0.2, 0) is 11.2 Å². The first-order chi connectivity index (χ1) is 10.00. The van der Waals surface area contributed by atoms with Crippen molar-refractivity contribution in [1.82, 2.24) is 5.32 Å². The summed E-state index contributed by atoms with van der Waals surface area (Å²) in [5.41, 5.74) is 2.64. The molecule has 2 aliphatic heterocycles. The normalized spacial score (nSPS) is 28.2. The summed E-state index contributed by atoms with van der Waals surface area (Å²) in [5.74, 6) is 1.60. The maximum Gasteiger partial charge on any atom is 0.123 e. The standard InChI is InChI=1S/C18H27NO2/c1-5-19-17(15-8-9-20-12(15)2)13-6-7-16-14(10-13)11-18(3,4)21-16/h6-7,10,12,15,17,19H,5,8-9,11H2,1-4H3. The second-order valence-corrected chi connectivity index (χ2v) is 6.97. The van der Waals surface area contributed by atoms with Crippen LogP contribution in [0.4, 0.5) is 0 Å². The summed E-state index contributed by atoms with van der Waals surface area (Å²) in [6.07, 6.45) is 2.46. The summed E-state index contributed by atoms with van der Waals surface area (Å²) in [4.78, 5) is 0. The van der Waals surface area contributed by atoms with E-state index in [4.69, 9.17) is 9.47 Å². The molecule has 0 aliphatic carbocycles. The van der Waals surface area contributed by atoms with Crippen LogP contribution < -0.4 is 10.1 Å². The van der Waals surface area contributed by atoms with Gasteiger partial charge in [0.15, 0.2) is 0 Å². The smallest absolute Gasteiger partial charge is 0.123 e. The van der Waals surface area contributed by atoms with E-state index < -0.39 is 0 Å². The molecule has 21 heavy (non-hydrogen) atoms. The maximum atomic E-state index is 5.99. The number of ether oxygens (including phenoxy) is 2. The predicted molar refractivity (Wildman–Crippen MR) is 84.8 cm³/mol. The van der Waals surface area contributed by atoms with Gasteiger partial charge in [-0.25, -0.2) is 0 Å². The summed E-state index contributed by atoms with van der Waals surface area (Å²) in [6.45, 7) is 10.5. The molecule has 1 N–H and O–H groups in total. The molecule has 1 fully saturated rings. The lowest BCUT2D eigenvalue weighted by atomic mass is 9.87. The van der Waals surface area contributed by atoms with Crippen LogP contribution in [0.1, 0.15) is 51.3 Å². The van der Waals surface area contributed by atoms with Crippen molar-refractivity contribution >= 4 is 0 Å². The number of hydrogen-bond acceptors (Lipinski definition) is 3. The second kappa shape index (κ2) is 5.62. The highest BCUT2D eigenvalue weighted by atomic mass is 16.5. The quantitative estimate of drug-likeness (QED) is 0.920. The Labute approximate surface area is 128 Å². The van der Waals surface area contributed by atoms with E-state index in [0.29, 0.717) is 18.1 Å². The Morgan fingerprint density at radius 3 is 2.86 bits per heavy atom. The first-order valence-corrected chi connectivity index (χ1v) is 8.17. The average Bonchev–Trinajstić information content (AvgIpc) is 2.96. The zero-order chi connectivity index (χ0) is 15.0. The first kappa shape index (κ1) is 14.9. The highest BCUT2D eigenvalue weighted by Gasteiger charge is 2.34. The van der Waals surface area contributed by atoms with Crippen LogP contribution in [0.2, 0.25) is 0 Å². The molecule has 3 rings (SSSR count). The lowest BCUT2D eigenvalue weighted by molar-refractivity contribution is 0.0956. The van der Waals surface area contributed by atoms with E-state index in [1.807, 2.05) is 0 Å². The molecule has 0 amide bonds. The highest BCUT2D eigenvalue weighted by molar-refractivity contribution is 5.43. The molecule has 2 heterocycles. The van der Waals surface area contributed by atoms with Gasteiger partial charge in [0.25, 0.3) is 0 Å². The van der Waals surface area contributed by atoms with Gasteiger partial charge in [0.1, 0.15) is 11.4 Å².